The molecule has 1 aliphatic carbocycles. The summed E-state index contributed by atoms with van der Waals surface area (Å²) in [7, 11) is 3.54. The summed E-state index contributed by atoms with van der Waals surface area (Å²) in [5, 5.41) is 4.03. The third kappa shape index (κ3) is 3.72. The van der Waals surface area contributed by atoms with Crippen LogP contribution in [0.2, 0.25) is 0 Å². The van der Waals surface area contributed by atoms with Crippen LogP contribution in [-0.2, 0) is 11.3 Å². The molecule has 5 rings (SSSR count). The van der Waals surface area contributed by atoms with Crippen molar-refractivity contribution in [3.8, 4) is 11.3 Å². The SMILES string of the molecule is Cc1nc2ncc(-c3c[nH]c4nc(N[C@H]5C[C@@](C)(C(=O)N(C)C)C5)ncc34)nc2n1CC(F)F. The van der Waals surface area contributed by atoms with Crippen LogP contribution in [0.1, 0.15) is 25.6 Å². The lowest BCUT2D eigenvalue weighted by Gasteiger charge is -2.45. The molecule has 0 saturated heterocycles. The molecule has 4 aromatic heterocycles. The van der Waals surface area contributed by atoms with Gasteiger partial charge in [-0.15, -0.1) is 0 Å². The largest absolute Gasteiger partial charge is 0.351 e. The number of carbonyl (C=O) groups excluding carboxylic acids is 1. The predicted octanol–water partition coefficient (Wildman–Crippen LogP) is 3.01. The van der Waals surface area contributed by atoms with Gasteiger partial charge in [0, 0.05) is 43.5 Å². The van der Waals surface area contributed by atoms with Crippen molar-refractivity contribution in [2.75, 3.05) is 19.4 Å². The van der Waals surface area contributed by atoms with E-state index in [1.807, 2.05) is 6.92 Å². The molecule has 34 heavy (non-hydrogen) atoms. The van der Waals surface area contributed by atoms with Gasteiger partial charge in [-0.1, -0.05) is 6.92 Å². The average Bonchev–Trinajstić information content (AvgIpc) is 3.31. The molecule has 0 atom stereocenters. The molecular formula is C22H25F2N9O. The summed E-state index contributed by atoms with van der Waals surface area (Å²) in [5.74, 6) is 1.03. The Balaban J connectivity index is 1.38. The smallest absolute Gasteiger partial charge is 0.256 e. The van der Waals surface area contributed by atoms with Crippen LogP contribution in [0.4, 0.5) is 14.7 Å². The van der Waals surface area contributed by atoms with Crippen molar-refractivity contribution in [1.82, 2.24) is 39.4 Å². The topological polar surface area (TPSA) is 118 Å². The summed E-state index contributed by atoms with van der Waals surface area (Å²) in [4.78, 5) is 39.2. The molecule has 2 N–H and O–H groups in total. The average molecular weight is 470 g/mol. The molecule has 1 saturated carbocycles. The molecule has 0 spiro atoms. The second-order valence-corrected chi connectivity index (χ2v) is 9.23. The molecule has 0 aromatic carbocycles. The van der Waals surface area contributed by atoms with Crippen molar-refractivity contribution in [2.24, 2.45) is 5.41 Å². The first-order valence-electron chi connectivity index (χ1n) is 11.0. The summed E-state index contributed by atoms with van der Waals surface area (Å²) in [6.07, 6.45) is 3.89. The first-order valence-corrected chi connectivity index (χ1v) is 11.0. The van der Waals surface area contributed by atoms with E-state index in [1.54, 1.807) is 44.5 Å². The number of fused-ring (bicyclic) bond motifs is 2. The first-order chi connectivity index (χ1) is 16.1. The van der Waals surface area contributed by atoms with E-state index in [2.05, 4.69) is 35.2 Å². The molecule has 178 valence electrons. The minimum atomic E-state index is -2.52. The van der Waals surface area contributed by atoms with Crippen LogP contribution < -0.4 is 5.32 Å². The van der Waals surface area contributed by atoms with Gasteiger partial charge in [-0.2, -0.15) is 4.98 Å². The number of rotatable bonds is 6. The van der Waals surface area contributed by atoms with Gasteiger partial charge in [0.25, 0.3) is 6.43 Å². The number of halogens is 2. The highest BCUT2D eigenvalue weighted by atomic mass is 19.3. The van der Waals surface area contributed by atoms with Crippen molar-refractivity contribution < 1.29 is 13.6 Å². The lowest BCUT2D eigenvalue weighted by atomic mass is 9.66. The number of nitrogens with zero attached hydrogens (tertiary/aromatic N) is 7. The van der Waals surface area contributed by atoms with Crippen LogP contribution in [0, 0.1) is 12.3 Å². The molecule has 12 heteroatoms. The third-order valence-electron chi connectivity index (χ3n) is 6.33. The van der Waals surface area contributed by atoms with Crippen molar-refractivity contribution in [1.29, 1.82) is 0 Å². The summed E-state index contributed by atoms with van der Waals surface area (Å²) in [6.45, 7) is 3.13. The third-order valence-corrected chi connectivity index (χ3v) is 6.33. The predicted molar refractivity (Wildman–Crippen MR) is 122 cm³/mol. The van der Waals surface area contributed by atoms with E-state index in [9.17, 15) is 13.6 Å². The quantitative estimate of drug-likeness (QED) is 0.446. The summed E-state index contributed by atoms with van der Waals surface area (Å²) in [6, 6.07) is 0.118. The van der Waals surface area contributed by atoms with Crippen molar-refractivity contribution in [3.05, 3.63) is 24.4 Å². The minimum absolute atomic E-state index is 0.118. The Hall–Kier alpha value is -3.70. The molecule has 0 bridgehead atoms. The highest BCUT2D eigenvalue weighted by Gasteiger charge is 2.47. The normalized spacial score (nSPS) is 20.1. The molecule has 4 heterocycles. The van der Waals surface area contributed by atoms with E-state index in [-0.39, 0.29) is 17.4 Å². The van der Waals surface area contributed by atoms with Gasteiger partial charge in [-0.05, 0) is 19.8 Å². The number of nitrogens with one attached hydrogen (secondary N) is 2. The van der Waals surface area contributed by atoms with Crippen LogP contribution in [0.5, 0.6) is 0 Å². The van der Waals surface area contributed by atoms with E-state index in [0.29, 0.717) is 52.8 Å². The second-order valence-electron chi connectivity index (χ2n) is 9.23. The van der Waals surface area contributed by atoms with Crippen LogP contribution in [-0.4, -0.2) is 71.8 Å². The number of hydrogen-bond acceptors (Lipinski definition) is 7. The summed E-state index contributed by atoms with van der Waals surface area (Å²) >= 11 is 0. The van der Waals surface area contributed by atoms with Gasteiger partial charge in [0.2, 0.25) is 11.9 Å². The zero-order chi connectivity index (χ0) is 24.2. The van der Waals surface area contributed by atoms with E-state index in [0.717, 1.165) is 5.39 Å². The Morgan fingerprint density at radius 3 is 2.74 bits per heavy atom. The zero-order valence-corrected chi connectivity index (χ0v) is 19.3. The maximum atomic E-state index is 13.0. The number of alkyl halides is 2. The summed E-state index contributed by atoms with van der Waals surface area (Å²) in [5.41, 5.74) is 2.10. The molecular weight excluding hydrogens is 444 g/mol. The highest BCUT2D eigenvalue weighted by Crippen LogP contribution is 2.43. The molecule has 0 radical (unpaired) electrons. The monoisotopic (exact) mass is 469 g/mol. The summed E-state index contributed by atoms with van der Waals surface area (Å²) < 4.78 is 27.4. The highest BCUT2D eigenvalue weighted by molar-refractivity contribution is 5.93. The van der Waals surface area contributed by atoms with Gasteiger partial charge >= 0.3 is 0 Å². The van der Waals surface area contributed by atoms with E-state index in [1.165, 1.54) is 4.57 Å². The Morgan fingerprint density at radius 1 is 1.26 bits per heavy atom. The van der Waals surface area contributed by atoms with E-state index >= 15 is 0 Å². The van der Waals surface area contributed by atoms with Crippen LogP contribution >= 0.6 is 0 Å². The van der Waals surface area contributed by atoms with Crippen LogP contribution in [0.25, 0.3) is 33.6 Å². The maximum absolute atomic E-state index is 13.0. The maximum Gasteiger partial charge on any atom is 0.256 e. The number of aryl methyl sites for hydroxylation is 1. The zero-order valence-electron chi connectivity index (χ0n) is 19.3. The Morgan fingerprint density at radius 2 is 2.03 bits per heavy atom. The van der Waals surface area contributed by atoms with E-state index < -0.39 is 13.0 Å². The fraction of sp³-hybridized carbons (Fsp3) is 0.455. The van der Waals surface area contributed by atoms with E-state index in [4.69, 9.17) is 0 Å². The van der Waals surface area contributed by atoms with Gasteiger partial charge in [0.05, 0.1) is 23.9 Å². The molecule has 1 aliphatic rings. The Bertz CT molecular complexity index is 1390. The molecule has 1 fully saturated rings. The standard InChI is InChI=1S/C22H25F2N9O/c1-11-28-18-19(33(11)10-16(23)24)30-15(9-26-18)13-7-25-17-14(13)8-27-21(31-17)29-12-5-22(2,6-12)20(34)32(3)4/h7-9,12,16H,5-6,10H2,1-4H3,(H2,25,27,29,31)/t12-,22+. The molecule has 0 unspecified atom stereocenters. The molecule has 0 aliphatic heterocycles. The Labute approximate surface area is 193 Å². The molecule has 4 aromatic rings. The number of hydrogen-bond donors (Lipinski definition) is 2. The fourth-order valence-electron chi connectivity index (χ4n) is 4.70. The second kappa shape index (κ2) is 7.96. The minimum Gasteiger partial charge on any atom is -0.351 e. The van der Waals surface area contributed by atoms with Crippen molar-refractivity contribution >= 4 is 34.2 Å². The lowest BCUT2D eigenvalue weighted by molar-refractivity contribution is -0.143. The number of imidazole rings is 1. The lowest BCUT2D eigenvalue weighted by Crippen LogP contribution is -2.52. The number of aromatic nitrogens is 7. The molecule has 1 amide bonds. The van der Waals surface area contributed by atoms with Crippen LogP contribution in [0.3, 0.4) is 0 Å². The van der Waals surface area contributed by atoms with Gasteiger partial charge < -0.3 is 19.8 Å². The number of aromatic amines is 1. The first kappa shape index (κ1) is 22.1. The van der Waals surface area contributed by atoms with Crippen molar-refractivity contribution in [2.45, 2.75) is 45.7 Å². The van der Waals surface area contributed by atoms with Crippen molar-refractivity contribution in [3.63, 3.8) is 0 Å². The van der Waals surface area contributed by atoms with Gasteiger partial charge in [0.1, 0.15) is 11.5 Å². The Kier molecular flexibility index (Phi) is 5.18. The van der Waals surface area contributed by atoms with Gasteiger partial charge in [-0.3, -0.25) is 4.79 Å². The van der Waals surface area contributed by atoms with Gasteiger partial charge in [0.15, 0.2) is 11.3 Å². The van der Waals surface area contributed by atoms with Gasteiger partial charge in [-0.25, -0.2) is 28.7 Å². The van der Waals surface area contributed by atoms with Crippen LogP contribution in [0.15, 0.2) is 18.6 Å². The fourth-order valence-corrected chi connectivity index (χ4v) is 4.70. The number of carbonyl (C=O) groups is 1. The number of H-pyrrole nitrogens is 1. The number of anilines is 1. The number of amides is 1. The molecule has 10 nitrogen and oxygen atoms in total.